The summed E-state index contributed by atoms with van der Waals surface area (Å²) in [7, 11) is -3.47. The summed E-state index contributed by atoms with van der Waals surface area (Å²) in [6.07, 6.45) is 1.01. The van der Waals surface area contributed by atoms with Crippen molar-refractivity contribution < 1.29 is 12.8 Å². The maximum Gasteiger partial charge on any atom is 0.185 e. The van der Waals surface area contributed by atoms with Crippen molar-refractivity contribution in [3.63, 3.8) is 0 Å². The fourth-order valence-electron chi connectivity index (χ4n) is 3.41. The number of aromatic nitrogens is 1. The van der Waals surface area contributed by atoms with Crippen LogP contribution >= 0.6 is 34.5 Å². The van der Waals surface area contributed by atoms with Crippen LogP contribution in [0.5, 0.6) is 0 Å². The molecule has 0 radical (unpaired) electrons. The van der Waals surface area contributed by atoms with E-state index in [2.05, 4.69) is 9.88 Å². The van der Waals surface area contributed by atoms with E-state index in [0.29, 0.717) is 25.9 Å². The lowest BCUT2D eigenvalue weighted by molar-refractivity contribution is 0.529. The molecule has 0 aliphatic carbocycles. The molecular weight excluding hydrogens is 454 g/mol. The number of piperidine rings is 1. The minimum Gasteiger partial charge on any atom is -0.348 e. The van der Waals surface area contributed by atoms with Crippen LogP contribution in [-0.4, -0.2) is 31.7 Å². The number of anilines is 1. The lowest BCUT2D eigenvalue weighted by Gasteiger charge is -2.31. The van der Waals surface area contributed by atoms with Crippen molar-refractivity contribution in [1.82, 2.24) is 4.98 Å². The molecule has 1 fully saturated rings. The zero-order valence-electron chi connectivity index (χ0n) is 15.2. The van der Waals surface area contributed by atoms with Gasteiger partial charge in [-0.1, -0.05) is 35.3 Å². The highest BCUT2D eigenvalue weighted by atomic mass is 35.5. The van der Waals surface area contributed by atoms with E-state index in [1.807, 2.05) is 5.38 Å². The van der Waals surface area contributed by atoms with Crippen molar-refractivity contribution in [1.29, 1.82) is 0 Å². The van der Waals surface area contributed by atoms with Crippen LogP contribution in [0, 0.1) is 5.82 Å². The Kier molecular flexibility index (Phi) is 5.84. The molecule has 0 spiro atoms. The van der Waals surface area contributed by atoms with Gasteiger partial charge in [0.2, 0.25) is 0 Å². The summed E-state index contributed by atoms with van der Waals surface area (Å²) in [6.45, 7) is 1.18. The van der Waals surface area contributed by atoms with Gasteiger partial charge in [0.15, 0.2) is 15.0 Å². The molecule has 4 nitrogen and oxygen atoms in total. The molecule has 2 aromatic carbocycles. The van der Waals surface area contributed by atoms with Crippen LogP contribution in [0.25, 0.3) is 11.3 Å². The minimum absolute atomic E-state index is 0.0580. The van der Waals surface area contributed by atoms with Crippen molar-refractivity contribution in [3.05, 3.63) is 63.7 Å². The lowest BCUT2D eigenvalue weighted by Crippen LogP contribution is -2.39. The second kappa shape index (κ2) is 8.22. The topological polar surface area (TPSA) is 50.3 Å². The van der Waals surface area contributed by atoms with Gasteiger partial charge in [-0.3, -0.25) is 0 Å². The van der Waals surface area contributed by atoms with Crippen LogP contribution in [0.1, 0.15) is 12.8 Å². The Morgan fingerprint density at radius 3 is 2.48 bits per heavy atom. The number of benzene rings is 2. The number of nitrogens with zero attached hydrogens (tertiary/aromatic N) is 2. The first-order valence-corrected chi connectivity index (χ1v) is 12.2. The number of sulfone groups is 1. The molecule has 1 aliphatic rings. The predicted octanol–water partition coefficient (Wildman–Crippen LogP) is 5.70. The molecule has 0 unspecified atom stereocenters. The van der Waals surface area contributed by atoms with Crippen molar-refractivity contribution in [3.8, 4) is 11.3 Å². The van der Waals surface area contributed by atoms with E-state index in [1.54, 1.807) is 36.4 Å². The lowest BCUT2D eigenvalue weighted by atomic mass is 10.1. The van der Waals surface area contributed by atoms with Crippen LogP contribution in [0.3, 0.4) is 0 Å². The van der Waals surface area contributed by atoms with E-state index in [4.69, 9.17) is 23.2 Å². The standard InChI is InChI=1S/C20H17Cl2FN2O2S2/c21-15-3-1-2-4-19(15)29(26,27)14-7-9-25(10-8-14)20-24-18(12-28-20)13-5-6-17(23)16(22)11-13/h1-6,11-12,14H,7-10H2. The van der Waals surface area contributed by atoms with Crippen molar-refractivity contribution in [2.45, 2.75) is 23.0 Å². The third kappa shape index (κ3) is 4.14. The molecule has 2 heterocycles. The zero-order chi connectivity index (χ0) is 20.6. The largest absolute Gasteiger partial charge is 0.348 e. The number of thiazole rings is 1. The highest BCUT2D eigenvalue weighted by Crippen LogP contribution is 2.34. The molecule has 29 heavy (non-hydrogen) atoms. The molecule has 0 amide bonds. The van der Waals surface area contributed by atoms with E-state index in [-0.39, 0.29) is 14.9 Å². The molecule has 0 atom stereocenters. The summed E-state index contributed by atoms with van der Waals surface area (Å²) in [4.78, 5) is 6.91. The van der Waals surface area contributed by atoms with Gasteiger partial charge in [-0.15, -0.1) is 11.3 Å². The van der Waals surface area contributed by atoms with Gasteiger partial charge in [0, 0.05) is 24.0 Å². The first-order chi connectivity index (χ1) is 13.9. The first-order valence-electron chi connectivity index (χ1n) is 9.00. The fraction of sp³-hybridized carbons (Fsp3) is 0.250. The second-order valence-corrected chi connectivity index (χ2v) is 10.7. The third-order valence-electron chi connectivity index (χ3n) is 5.00. The Hall–Kier alpha value is -1.67. The summed E-state index contributed by atoms with van der Waals surface area (Å²) >= 11 is 13.4. The van der Waals surface area contributed by atoms with Gasteiger partial charge in [0.05, 0.1) is 25.9 Å². The molecule has 9 heteroatoms. The third-order valence-corrected chi connectivity index (χ3v) is 8.95. The number of halogens is 3. The van der Waals surface area contributed by atoms with Gasteiger partial charge in [-0.05, 0) is 43.2 Å². The van der Waals surface area contributed by atoms with Gasteiger partial charge in [0.1, 0.15) is 5.82 Å². The summed E-state index contributed by atoms with van der Waals surface area (Å²) in [6, 6.07) is 11.1. The Balaban J connectivity index is 1.47. The fourth-order valence-corrected chi connectivity index (χ4v) is 6.74. The number of rotatable bonds is 4. The molecule has 1 aliphatic heterocycles. The predicted molar refractivity (Wildman–Crippen MR) is 116 cm³/mol. The average Bonchev–Trinajstić information content (AvgIpc) is 3.20. The molecule has 0 N–H and O–H groups in total. The maximum absolute atomic E-state index is 13.4. The Morgan fingerprint density at radius 2 is 1.79 bits per heavy atom. The summed E-state index contributed by atoms with van der Waals surface area (Å²) in [5.74, 6) is -0.465. The summed E-state index contributed by atoms with van der Waals surface area (Å²) in [5.41, 5.74) is 1.47. The Morgan fingerprint density at radius 1 is 1.07 bits per heavy atom. The van der Waals surface area contributed by atoms with E-state index in [9.17, 15) is 12.8 Å². The molecular formula is C20H17Cl2FN2O2S2. The van der Waals surface area contributed by atoms with Crippen molar-refractivity contribution in [2.24, 2.45) is 0 Å². The highest BCUT2D eigenvalue weighted by Gasteiger charge is 2.33. The Bertz CT molecular complexity index is 1140. The number of hydrogen-bond acceptors (Lipinski definition) is 5. The first kappa shape index (κ1) is 20.6. The quantitative estimate of drug-likeness (QED) is 0.490. The van der Waals surface area contributed by atoms with Gasteiger partial charge in [-0.2, -0.15) is 0 Å². The van der Waals surface area contributed by atoms with Crippen LogP contribution in [-0.2, 0) is 9.84 Å². The van der Waals surface area contributed by atoms with Gasteiger partial charge in [-0.25, -0.2) is 17.8 Å². The molecule has 1 aromatic heterocycles. The normalized spacial score (nSPS) is 15.6. The molecule has 152 valence electrons. The van der Waals surface area contributed by atoms with E-state index in [0.717, 1.165) is 16.4 Å². The highest BCUT2D eigenvalue weighted by molar-refractivity contribution is 7.92. The van der Waals surface area contributed by atoms with Gasteiger partial charge in [0.25, 0.3) is 0 Å². The monoisotopic (exact) mass is 470 g/mol. The SMILES string of the molecule is O=S(=O)(c1ccccc1Cl)C1CCN(c2nc(-c3ccc(F)c(Cl)c3)cs2)CC1. The summed E-state index contributed by atoms with van der Waals surface area (Å²) < 4.78 is 39.3. The summed E-state index contributed by atoms with van der Waals surface area (Å²) in [5, 5.41) is 2.56. The van der Waals surface area contributed by atoms with E-state index >= 15 is 0 Å². The van der Waals surface area contributed by atoms with Gasteiger partial charge >= 0.3 is 0 Å². The minimum atomic E-state index is -3.47. The molecule has 0 saturated carbocycles. The molecule has 3 aromatic rings. The molecule has 1 saturated heterocycles. The number of hydrogen-bond donors (Lipinski definition) is 0. The van der Waals surface area contributed by atoms with Crippen LogP contribution < -0.4 is 4.90 Å². The van der Waals surface area contributed by atoms with E-state index in [1.165, 1.54) is 17.4 Å². The van der Waals surface area contributed by atoms with Gasteiger partial charge < -0.3 is 4.90 Å². The van der Waals surface area contributed by atoms with Crippen LogP contribution in [0.15, 0.2) is 52.7 Å². The van der Waals surface area contributed by atoms with E-state index < -0.39 is 20.9 Å². The van der Waals surface area contributed by atoms with Crippen LogP contribution in [0.4, 0.5) is 9.52 Å². The van der Waals surface area contributed by atoms with Crippen molar-refractivity contribution >= 4 is 49.5 Å². The molecule has 0 bridgehead atoms. The van der Waals surface area contributed by atoms with Crippen LogP contribution in [0.2, 0.25) is 10.0 Å². The Labute approximate surface area is 182 Å². The maximum atomic E-state index is 13.4. The van der Waals surface area contributed by atoms with Crippen molar-refractivity contribution in [2.75, 3.05) is 18.0 Å². The smallest absolute Gasteiger partial charge is 0.185 e. The zero-order valence-corrected chi connectivity index (χ0v) is 18.3. The molecule has 4 rings (SSSR count). The average molecular weight is 471 g/mol. The second-order valence-electron chi connectivity index (χ2n) is 6.81.